The van der Waals surface area contributed by atoms with Crippen LogP contribution < -0.4 is 10.5 Å². The van der Waals surface area contributed by atoms with Gasteiger partial charge >= 0.3 is 0 Å². The summed E-state index contributed by atoms with van der Waals surface area (Å²) in [5, 5.41) is 0. The highest BCUT2D eigenvalue weighted by Crippen LogP contribution is 1.95. The Morgan fingerprint density at radius 2 is 1.94 bits per heavy atom. The fourth-order valence-electron chi connectivity index (χ4n) is 1.01. The Kier molecular flexibility index (Phi) is 7.28. The second-order valence-corrected chi connectivity index (χ2v) is 5.56. The molecule has 0 rings (SSSR count). The van der Waals surface area contributed by atoms with Crippen LogP contribution in [0.1, 0.15) is 13.3 Å². The molecule has 0 saturated carbocycles. The van der Waals surface area contributed by atoms with Crippen molar-refractivity contribution in [1.29, 1.82) is 0 Å². The molecular weight excluding hydrogens is 244 g/mol. The van der Waals surface area contributed by atoms with Gasteiger partial charge < -0.3 is 10.6 Å². The summed E-state index contributed by atoms with van der Waals surface area (Å²) in [6, 6.07) is 0. The van der Waals surface area contributed by atoms with E-state index in [0.29, 0.717) is 26.1 Å². The van der Waals surface area contributed by atoms with E-state index in [1.165, 1.54) is 11.9 Å². The highest BCUT2D eigenvalue weighted by atomic mass is 32.2. The first-order chi connectivity index (χ1) is 7.85. The lowest BCUT2D eigenvalue weighted by molar-refractivity contribution is -0.128. The molecule has 102 valence electrons. The number of carbonyl (C=O) groups excluding carboxylic acids is 1. The minimum absolute atomic E-state index is 0.223. The minimum Gasteiger partial charge on any atom is -0.345 e. The molecule has 0 atom stereocenters. The van der Waals surface area contributed by atoms with E-state index in [0.717, 1.165) is 4.31 Å². The van der Waals surface area contributed by atoms with Gasteiger partial charge in [-0.3, -0.25) is 4.79 Å². The van der Waals surface area contributed by atoms with Crippen molar-refractivity contribution in [2.45, 2.75) is 13.3 Å². The van der Waals surface area contributed by atoms with Gasteiger partial charge in [-0.25, -0.2) is 0 Å². The molecule has 0 fully saturated rings. The van der Waals surface area contributed by atoms with Gasteiger partial charge in [0.05, 0.1) is 6.54 Å². The fraction of sp³-hybridized carbons (Fsp3) is 0.889. The molecule has 0 bridgehead atoms. The monoisotopic (exact) mass is 266 g/mol. The van der Waals surface area contributed by atoms with Crippen molar-refractivity contribution in [3.63, 3.8) is 0 Å². The molecule has 0 radical (unpaired) electrons. The molecule has 0 aromatic heterocycles. The molecule has 7 nitrogen and oxygen atoms in total. The number of hydrogen-bond donors (Lipinski definition) is 2. The summed E-state index contributed by atoms with van der Waals surface area (Å²) in [6.45, 7) is 2.91. The quantitative estimate of drug-likeness (QED) is 0.563. The van der Waals surface area contributed by atoms with Gasteiger partial charge in [0.1, 0.15) is 0 Å². The number of likely N-dealkylation sites (N-methyl/N-ethyl adjacent to an activating group) is 1. The van der Waals surface area contributed by atoms with Crippen LogP contribution in [0.25, 0.3) is 0 Å². The molecule has 17 heavy (non-hydrogen) atoms. The SMILES string of the molecule is CCN(C)C(=O)CNS(=O)(=O)N(C)CCCN. The number of amides is 1. The van der Waals surface area contributed by atoms with Crippen LogP contribution in [0.5, 0.6) is 0 Å². The summed E-state index contributed by atoms with van der Waals surface area (Å²) in [6.07, 6.45) is 0.584. The van der Waals surface area contributed by atoms with Crippen molar-refractivity contribution in [2.24, 2.45) is 5.73 Å². The Balaban J connectivity index is 4.22. The second-order valence-electron chi connectivity index (χ2n) is 3.70. The predicted molar refractivity (Wildman–Crippen MR) is 66.5 cm³/mol. The van der Waals surface area contributed by atoms with Crippen LogP contribution in [0.2, 0.25) is 0 Å². The van der Waals surface area contributed by atoms with Crippen LogP contribution in [0.15, 0.2) is 0 Å². The molecule has 0 spiro atoms. The van der Waals surface area contributed by atoms with E-state index in [2.05, 4.69) is 4.72 Å². The highest BCUT2D eigenvalue weighted by molar-refractivity contribution is 7.87. The van der Waals surface area contributed by atoms with Crippen LogP contribution in [-0.4, -0.2) is 63.8 Å². The number of rotatable bonds is 8. The van der Waals surface area contributed by atoms with E-state index >= 15 is 0 Å². The first-order valence-corrected chi connectivity index (χ1v) is 6.94. The summed E-state index contributed by atoms with van der Waals surface area (Å²) in [5.74, 6) is -0.261. The largest absolute Gasteiger partial charge is 0.345 e. The van der Waals surface area contributed by atoms with Crippen molar-refractivity contribution >= 4 is 16.1 Å². The van der Waals surface area contributed by atoms with E-state index in [1.807, 2.05) is 6.92 Å². The molecule has 8 heteroatoms. The standard InChI is InChI=1S/C9H22N4O3S/c1-4-12(2)9(14)8-11-17(15,16)13(3)7-5-6-10/h11H,4-8,10H2,1-3H3. The van der Waals surface area contributed by atoms with Crippen LogP contribution in [0.4, 0.5) is 0 Å². The smallest absolute Gasteiger partial charge is 0.279 e. The lowest BCUT2D eigenvalue weighted by Gasteiger charge is -2.19. The van der Waals surface area contributed by atoms with Crippen molar-refractivity contribution in [1.82, 2.24) is 13.9 Å². The van der Waals surface area contributed by atoms with Crippen molar-refractivity contribution < 1.29 is 13.2 Å². The van der Waals surface area contributed by atoms with E-state index in [9.17, 15) is 13.2 Å². The molecule has 1 amide bonds. The van der Waals surface area contributed by atoms with E-state index in [-0.39, 0.29) is 12.5 Å². The highest BCUT2D eigenvalue weighted by Gasteiger charge is 2.18. The molecule has 0 aliphatic heterocycles. The van der Waals surface area contributed by atoms with Gasteiger partial charge in [0.25, 0.3) is 10.2 Å². The van der Waals surface area contributed by atoms with E-state index in [1.54, 1.807) is 7.05 Å². The topological polar surface area (TPSA) is 95.7 Å². The molecule has 3 N–H and O–H groups in total. The van der Waals surface area contributed by atoms with Gasteiger partial charge in [0.2, 0.25) is 5.91 Å². The first kappa shape index (κ1) is 16.3. The third-order valence-corrected chi connectivity index (χ3v) is 3.91. The van der Waals surface area contributed by atoms with Crippen molar-refractivity contribution in [3.8, 4) is 0 Å². The average Bonchev–Trinajstić information content (AvgIpc) is 2.31. The summed E-state index contributed by atoms with van der Waals surface area (Å²) in [7, 11) is -0.519. The van der Waals surface area contributed by atoms with E-state index < -0.39 is 10.2 Å². The number of nitrogens with one attached hydrogen (secondary N) is 1. The fourth-order valence-corrected chi connectivity index (χ4v) is 1.90. The van der Waals surface area contributed by atoms with Crippen LogP contribution in [-0.2, 0) is 15.0 Å². The Bertz CT molecular complexity index is 331. The number of hydrogen-bond acceptors (Lipinski definition) is 4. The normalized spacial score (nSPS) is 11.8. The molecule has 0 heterocycles. The van der Waals surface area contributed by atoms with Gasteiger partial charge in [0, 0.05) is 27.2 Å². The Labute approximate surface area is 103 Å². The zero-order valence-corrected chi connectivity index (χ0v) is 11.5. The van der Waals surface area contributed by atoms with Gasteiger partial charge in [0.15, 0.2) is 0 Å². The molecule has 0 aromatic rings. The Morgan fingerprint density at radius 3 is 2.41 bits per heavy atom. The van der Waals surface area contributed by atoms with E-state index in [4.69, 9.17) is 5.73 Å². The van der Waals surface area contributed by atoms with Crippen molar-refractivity contribution in [3.05, 3.63) is 0 Å². The maximum Gasteiger partial charge on any atom is 0.279 e. The number of carbonyl (C=O) groups is 1. The molecule has 0 aromatic carbocycles. The summed E-state index contributed by atoms with van der Waals surface area (Å²) < 4.78 is 26.7. The van der Waals surface area contributed by atoms with Crippen LogP contribution >= 0.6 is 0 Å². The first-order valence-electron chi connectivity index (χ1n) is 5.50. The molecule has 0 aliphatic carbocycles. The number of nitrogens with zero attached hydrogens (tertiary/aromatic N) is 2. The lowest BCUT2D eigenvalue weighted by Crippen LogP contribution is -2.44. The minimum atomic E-state index is -3.59. The Hall–Kier alpha value is -0.700. The van der Waals surface area contributed by atoms with Gasteiger partial charge in [-0.15, -0.1) is 0 Å². The molecular formula is C9H22N4O3S. The second kappa shape index (κ2) is 7.59. The Morgan fingerprint density at radius 1 is 1.35 bits per heavy atom. The molecule has 0 unspecified atom stereocenters. The van der Waals surface area contributed by atoms with Crippen LogP contribution in [0, 0.1) is 0 Å². The van der Waals surface area contributed by atoms with Crippen molar-refractivity contribution in [2.75, 3.05) is 40.3 Å². The molecule has 0 saturated heterocycles. The molecule has 0 aliphatic rings. The zero-order chi connectivity index (χ0) is 13.5. The number of nitrogens with two attached hydrogens (primary N) is 1. The summed E-state index contributed by atoms with van der Waals surface area (Å²) in [5.41, 5.74) is 5.30. The lowest BCUT2D eigenvalue weighted by atomic mass is 10.4. The maximum atomic E-state index is 11.7. The maximum absolute atomic E-state index is 11.7. The summed E-state index contributed by atoms with van der Waals surface area (Å²) in [4.78, 5) is 12.9. The van der Waals surface area contributed by atoms with Crippen LogP contribution in [0.3, 0.4) is 0 Å². The van der Waals surface area contributed by atoms with Gasteiger partial charge in [-0.2, -0.15) is 17.4 Å². The third-order valence-electron chi connectivity index (χ3n) is 2.39. The summed E-state index contributed by atoms with van der Waals surface area (Å²) >= 11 is 0. The third kappa shape index (κ3) is 5.97. The predicted octanol–water partition coefficient (Wildman–Crippen LogP) is -1.42. The zero-order valence-electron chi connectivity index (χ0n) is 10.6. The van der Waals surface area contributed by atoms with Gasteiger partial charge in [-0.05, 0) is 19.9 Å². The average molecular weight is 266 g/mol. The van der Waals surface area contributed by atoms with Gasteiger partial charge in [-0.1, -0.05) is 0 Å².